The van der Waals surface area contributed by atoms with Gasteiger partial charge >= 0.3 is 21.3 Å². The predicted octanol–water partition coefficient (Wildman–Crippen LogP) is -1.07. The first kappa shape index (κ1) is 33.9. The molecule has 3 aromatic rings. The quantitative estimate of drug-likeness (QED) is 0.122. The fourth-order valence-electron chi connectivity index (χ4n) is 5.46. The molecule has 3 saturated heterocycles. The molecule has 22 nitrogen and oxygen atoms in total. The number of nitrogens with two attached hydrogens (primary N) is 2. The second-order valence-electron chi connectivity index (χ2n) is 10.8. The average Bonchev–Trinajstić information content (AvgIpc) is 3.79. The molecule has 3 fully saturated rings. The third-order valence-corrected chi connectivity index (χ3v) is 8.99. The summed E-state index contributed by atoms with van der Waals surface area (Å²) in [6, 6.07) is 1.29. The van der Waals surface area contributed by atoms with Crippen LogP contribution in [0.2, 0.25) is 0 Å². The molecular weight excluding hydrogens is 674 g/mol. The Kier molecular flexibility index (Phi) is 9.76. The molecular formula is C23H32N8O14P2. The van der Waals surface area contributed by atoms with Crippen LogP contribution in [-0.4, -0.2) is 105 Å². The van der Waals surface area contributed by atoms with Gasteiger partial charge in [0.2, 0.25) is 0 Å². The van der Waals surface area contributed by atoms with Gasteiger partial charge in [-0.2, -0.15) is 4.98 Å². The van der Waals surface area contributed by atoms with Gasteiger partial charge < -0.3 is 50.2 Å². The van der Waals surface area contributed by atoms with Crippen LogP contribution in [0.3, 0.4) is 0 Å². The Labute approximate surface area is 264 Å². The Hall–Kier alpha value is -2.95. The molecule has 6 rings (SSSR count). The van der Waals surface area contributed by atoms with Crippen LogP contribution < -0.4 is 17.2 Å². The van der Waals surface area contributed by atoms with Crippen LogP contribution >= 0.6 is 15.6 Å². The van der Waals surface area contributed by atoms with Crippen LogP contribution in [0.1, 0.15) is 31.7 Å². The third kappa shape index (κ3) is 7.70. The van der Waals surface area contributed by atoms with E-state index < -0.39 is 83.8 Å². The molecule has 47 heavy (non-hydrogen) atoms. The van der Waals surface area contributed by atoms with Crippen molar-refractivity contribution in [3.63, 3.8) is 0 Å². The number of anilines is 2. The lowest BCUT2D eigenvalue weighted by Crippen LogP contribution is -2.41. The Morgan fingerprint density at radius 2 is 1.83 bits per heavy atom. The molecule has 3 aliphatic rings. The summed E-state index contributed by atoms with van der Waals surface area (Å²) in [4.78, 5) is 58.0. The van der Waals surface area contributed by atoms with E-state index in [1.807, 2.05) is 0 Å². The van der Waals surface area contributed by atoms with Crippen molar-refractivity contribution in [1.82, 2.24) is 29.1 Å². The normalized spacial score (nSPS) is 31.1. The van der Waals surface area contributed by atoms with Gasteiger partial charge in [0.25, 0.3) is 0 Å². The number of hydrogen-bond acceptors (Lipinski definition) is 17. The number of hydrogen-bond donors (Lipinski definition) is 6. The number of ether oxygens (including phenoxy) is 4. The van der Waals surface area contributed by atoms with Gasteiger partial charge in [-0.25, -0.2) is 28.9 Å². The smallest absolute Gasteiger partial charge is 0.388 e. The van der Waals surface area contributed by atoms with E-state index >= 15 is 0 Å². The van der Waals surface area contributed by atoms with Crippen molar-refractivity contribution in [2.75, 3.05) is 31.3 Å². The van der Waals surface area contributed by atoms with Gasteiger partial charge in [-0.05, 0) is 12.5 Å². The monoisotopic (exact) mass is 706 g/mol. The minimum Gasteiger partial charge on any atom is -0.388 e. The molecule has 0 aliphatic carbocycles. The Bertz CT molecular complexity index is 1730. The van der Waals surface area contributed by atoms with Crippen molar-refractivity contribution in [3.8, 4) is 0 Å². The SMILES string of the molecule is Nc1ccn([C@@H]2O[C@H](COP(=O)(O)O)[C@@H](OP(=O)(O)OC[C@H]3C[C@@H](O)[C@H](n4cnc5c(N)ncnc54)O3)[C@H]2OC2CCCO2)c(=O)n1. The van der Waals surface area contributed by atoms with Crippen molar-refractivity contribution < 1.29 is 61.4 Å². The van der Waals surface area contributed by atoms with Gasteiger partial charge in [0, 0.05) is 25.6 Å². The van der Waals surface area contributed by atoms with Crippen molar-refractivity contribution in [2.24, 2.45) is 0 Å². The maximum Gasteiger partial charge on any atom is 0.472 e. The van der Waals surface area contributed by atoms with E-state index in [-0.39, 0.29) is 18.1 Å². The molecule has 9 atom stereocenters. The summed E-state index contributed by atoms with van der Waals surface area (Å²) in [7, 11) is -10.1. The van der Waals surface area contributed by atoms with Crippen molar-refractivity contribution in [1.29, 1.82) is 0 Å². The van der Waals surface area contributed by atoms with Gasteiger partial charge in [-0.15, -0.1) is 0 Å². The van der Waals surface area contributed by atoms with Crippen LogP contribution in [0.15, 0.2) is 29.7 Å². The minimum absolute atomic E-state index is 0.0178. The van der Waals surface area contributed by atoms with E-state index in [1.54, 1.807) is 0 Å². The lowest BCUT2D eigenvalue weighted by molar-refractivity contribution is -0.181. The first-order valence-electron chi connectivity index (χ1n) is 14.2. The molecule has 0 spiro atoms. The topological polar surface area (TPSA) is 310 Å². The zero-order valence-corrected chi connectivity index (χ0v) is 26.1. The molecule has 2 unspecified atom stereocenters. The molecule has 6 heterocycles. The highest BCUT2D eigenvalue weighted by Gasteiger charge is 2.52. The molecule has 3 aliphatic heterocycles. The van der Waals surface area contributed by atoms with Gasteiger partial charge in [0.1, 0.15) is 42.1 Å². The molecule has 0 amide bonds. The summed E-state index contributed by atoms with van der Waals surface area (Å²) in [5, 5.41) is 10.7. The van der Waals surface area contributed by atoms with E-state index in [0.717, 1.165) is 4.57 Å². The number of fused-ring (bicyclic) bond motifs is 1. The van der Waals surface area contributed by atoms with Crippen LogP contribution in [-0.2, 0) is 41.6 Å². The highest BCUT2D eigenvalue weighted by Crippen LogP contribution is 2.50. The molecule has 24 heteroatoms. The van der Waals surface area contributed by atoms with E-state index in [2.05, 4.69) is 24.5 Å². The predicted molar refractivity (Wildman–Crippen MR) is 154 cm³/mol. The molecule has 0 radical (unpaired) electrons. The Morgan fingerprint density at radius 1 is 1.02 bits per heavy atom. The number of phosphoric acid groups is 2. The number of phosphoric ester groups is 2. The molecule has 0 aromatic carbocycles. The number of imidazole rings is 1. The Morgan fingerprint density at radius 3 is 2.55 bits per heavy atom. The lowest BCUT2D eigenvalue weighted by atomic mass is 10.1. The van der Waals surface area contributed by atoms with E-state index in [4.69, 9.17) is 39.5 Å². The molecule has 258 valence electrons. The summed E-state index contributed by atoms with van der Waals surface area (Å²) in [5.41, 5.74) is 11.2. The van der Waals surface area contributed by atoms with Crippen molar-refractivity contribution >= 4 is 38.4 Å². The van der Waals surface area contributed by atoms with Gasteiger partial charge in [0.15, 0.2) is 30.2 Å². The third-order valence-electron chi connectivity index (χ3n) is 7.52. The zero-order valence-electron chi connectivity index (χ0n) is 24.3. The second kappa shape index (κ2) is 13.5. The summed E-state index contributed by atoms with van der Waals surface area (Å²) < 4.78 is 65.9. The maximum atomic E-state index is 13.3. The first-order valence-corrected chi connectivity index (χ1v) is 17.2. The summed E-state index contributed by atoms with van der Waals surface area (Å²) >= 11 is 0. The summed E-state index contributed by atoms with van der Waals surface area (Å²) in [6.07, 6.45) is -4.83. The van der Waals surface area contributed by atoms with E-state index in [9.17, 15) is 33.7 Å². The maximum absolute atomic E-state index is 13.3. The van der Waals surface area contributed by atoms with Crippen LogP contribution in [0.4, 0.5) is 11.6 Å². The van der Waals surface area contributed by atoms with Crippen LogP contribution in [0, 0.1) is 0 Å². The number of aromatic nitrogens is 6. The zero-order chi connectivity index (χ0) is 33.5. The molecule has 0 saturated carbocycles. The van der Waals surface area contributed by atoms with Gasteiger partial charge in [-0.3, -0.25) is 22.7 Å². The van der Waals surface area contributed by atoms with E-state index in [1.165, 1.54) is 29.5 Å². The van der Waals surface area contributed by atoms with Gasteiger partial charge in [-0.1, -0.05) is 0 Å². The average molecular weight is 706 g/mol. The highest BCUT2D eigenvalue weighted by molar-refractivity contribution is 7.47. The van der Waals surface area contributed by atoms with Crippen LogP contribution in [0.5, 0.6) is 0 Å². The van der Waals surface area contributed by atoms with E-state index in [0.29, 0.717) is 30.6 Å². The number of nitrogen functional groups attached to an aromatic ring is 2. The highest BCUT2D eigenvalue weighted by atomic mass is 31.2. The Balaban J connectivity index is 1.20. The number of aliphatic hydroxyl groups excluding tert-OH is 1. The largest absolute Gasteiger partial charge is 0.472 e. The number of aliphatic hydroxyl groups is 1. The standard InChI is InChI=1S/C23H32N8O14P2/c24-14-3-4-30(23(33)29-14)22-18(44-15-2-1-5-39-15)17(13(43-22)8-40-46(34,35)36)45-47(37,38)41-7-11-6-12(32)21(42-11)31-10-28-16-19(25)26-9-27-20(16)31/h3-4,9-13,15,17-18,21-22,32H,1-2,5-8H2,(H,37,38)(H2,24,29,33)(H2,25,26,27)(H2,34,35,36)/t11-,12-,13-,15?,17-,18-,21-,22-/m1/s1. The number of rotatable bonds is 12. The molecule has 3 aromatic heterocycles. The van der Waals surface area contributed by atoms with Gasteiger partial charge in [0.05, 0.1) is 25.6 Å². The minimum atomic E-state index is -5.05. The van der Waals surface area contributed by atoms with Crippen LogP contribution in [0.25, 0.3) is 11.2 Å². The fraction of sp³-hybridized carbons (Fsp3) is 0.609. The fourth-order valence-corrected chi connectivity index (χ4v) is 6.78. The number of nitrogens with zero attached hydrogens (tertiary/aromatic N) is 6. The van der Waals surface area contributed by atoms with Crippen molar-refractivity contribution in [3.05, 3.63) is 35.4 Å². The summed E-state index contributed by atoms with van der Waals surface area (Å²) in [6.45, 7) is -1.03. The first-order chi connectivity index (χ1) is 22.3. The molecule has 0 bridgehead atoms. The molecule has 8 N–H and O–H groups in total. The lowest BCUT2D eigenvalue weighted by Gasteiger charge is -2.28. The second-order valence-corrected chi connectivity index (χ2v) is 13.5. The van der Waals surface area contributed by atoms with Crippen molar-refractivity contribution in [2.45, 2.75) is 68.5 Å². The summed E-state index contributed by atoms with van der Waals surface area (Å²) in [5.74, 6) is 0.0322.